The van der Waals surface area contributed by atoms with Crippen molar-refractivity contribution in [3.63, 3.8) is 0 Å². The number of ether oxygens (including phenoxy) is 1. The zero-order chi connectivity index (χ0) is 20.1. The molecule has 3 rings (SSSR count). The lowest BCUT2D eigenvalue weighted by atomic mass is 10.1. The zero-order valence-corrected chi connectivity index (χ0v) is 17.5. The van der Waals surface area contributed by atoms with Crippen LogP contribution in [0, 0.1) is 13.8 Å². The van der Waals surface area contributed by atoms with Crippen LogP contribution in [0.15, 0.2) is 37.1 Å². The summed E-state index contributed by atoms with van der Waals surface area (Å²) >= 11 is 1.54. The Kier molecular flexibility index (Phi) is 6.74. The molecule has 0 amide bonds. The number of fused-ring (bicyclic) bond motifs is 1. The van der Waals surface area contributed by atoms with Crippen molar-refractivity contribution in [2.24, 2.45) is 0 Å². The molecule has 0 bridgehead atoms. The topological polar surface area (TPSA) is 81.6 Å². The summed E-state index contributed by atoms with van der Waals surface area (Å²) in [6.07, 6.45) is 0. The Morgan fingerprint density at radius 1 is 1.11 bits per heavy atom. The molecule has 0 saturated carbocycles. The van der Waals surface area contributed by atoms with E-state index in [0.717, 1.165) is 36.3 Å². The number of hydrogen-bond donors (Lipinski definition) is 0. The van der Waals surface area contributed by atoms with Crippen molar-refractivity contribution in [3.05, 3.63) is 45.6 Å². The van der Waals surface area contributed by atoms with Gasteiger partial charge in [0.1, 0.15) is 11.3 Å². The fourth-order valence-corrected chi connectivity index (χ4v) is 3.60. The Balaban J connectivity index is 1.59. The van der Waals surface area contributed by atoms with Gasteiger partial charge < -0.3 is 18.5 Å². The molecule has 0 atom stereocenters. The van der Waals surface area contributed by atoms with E-state index in [1.54, 1.807) is 24.8 Å². The van der Waals surface area contributed by atoms with E-state index < -0.39 is 0 Å². The molecule has 7 nitrogen and oxygen atoms in total. The Bertz CT molecular complexity index is 995. The minimum absolute atomic E-state index is 0.157. The van der Waals surface area contributed by atoms with Gasteiger partial charge in [0.2, 0.25) is 0 Å². The normalized spacial score (nSPS) is 11.5. The van der Waals surface area contributed by atoms with Crippen LogP contribution in [0.1, 0.15) is 30.9 Å². The summed E-state index contributed by atoms with van der Waals surface area (Å²) in [6, 6.07) is 5.43. The molecule has 3 aromatic rings. The first-order valence-electron chi connectivity index (χ1n) is 9.36. The van der Waals surface area contributed by atoms with E-state index in [1.165, 1.54) is 0 Å². The van der Waals surface area contributed by atoms with Crippen molar-refractivity contribution in [2.75, 3.05) is 25.4 Å². The van der Waals surface area contributed by atoms with Gasteiger partial charge in [-0.3, -0.25) is 0 Å². The number of thioether (sulfide) groups is 1. The Labute approximate surface area is 168 Å². The molecule has 0 aliphatic carbocycles. The molecule has 1 aromatic carbocycles. The highest BCUT2D eigenvalue weighted by Crippen LogP contribution is 2.24. The Morgan fingerprint density at radius 2 is 1.89 bits per heavy atom. The lowest BCUT2D eigenvalue weighted by Gasteiger charge is -2.16. The highest BCUT2D eigenvalue weighted by Gasteiger charge is 2.11. The van der Waals surface area contributed by atoms with Crippen molar-refractivity contribution < 1.29 is 13.6 Å². The fraction of sp³-hybridized carbons (Fsp3) is 0.450. The van der Waals surface area contributed by atoms with Crippen molar-refractivity contribution in [3.8, 4) is 5.75 Å². The molecular weight excluding hydrogens is 378 g/mol. The second-order valence-corrected chi connectivity index (χ2v) is 7.47. The molecule has 8 heteroatoms. The summed E-state index contributed by atoms with van der Waals surface area (Å²) in [6.45, 7) is 11.2. The number of rotatable bonds is 9. The molecule has 0 aliphatic rings. The van der Waals surface area contributed by atoms with Crippen LogP contribution in [-0.4, -0.2) is 40.5 Å². The van der Waals surface area contributed by atoms with Crippen molar-refractivity contribution in [2.45, 2.75) is 39.5 Å². The number of nitrogens with zero attached hydrogens (tertiary/aromatic N) is 3. The largest absolute Gasteiger partial charge is 0.484 e. The maximum absolute atomic E-state index is 11.9. The van der Waals surface area contributed by atoms with E-state index in [4.69, 9.17) is 13.6 Å². The lowest BCUT2D eigenvalue weighted by molar-refractivity contribution is 0.252. The van der Waals surface area contributed by atoms with Crippen LogP contribution >= 0.6 is 11.8 Å². The van der Waals surface area contributed by atoms with Gasteiger partial charge in [-0.2, -0.15) is 0 Å². The smallest absolute Gasteiger partial charge is 0.339 e. The number of hydrogen-bond acceptors (Lipinski definition) is 8. The number of aryl methyl sites for hydroxylation is 1. The SMILES string of the molecule is CCN(CC)CCSc1nnc(COc2ccc3c(C)c(C)c(=O)oc3c2)o1. The predicted octanol–water partition coefficient (Wildman–Crippen LogP) is 3.81. The van der Waals surface area contributed by atoms with Gasteiger partial charge in [-0.25, -0.2) is 4.79 Å². The Morgan fingerprint density at radius 3 is 2.64 bits per heavy atom. The van der Waals surface area contributed by atoms with Crippen LogP contribution in [0.3, 0.4) is 0 Å². The summed E-state index contributed by atoms with van der Waals surface area (Å²) in [7, 11) is 0. The molecule has 2 heterocycles. The summed E-state index contributed by atoms with van der Waals surface area (Å²) < 4.78 is 16.7. The van der Waals surface area contributed by atoms with E-state index in [2.05, 4.69) is 28.9 Å². The molecular formula is C20H25N3O4S. The molecule has 0 unspecified atom stereocenters. The molecule has 0 saturated heterocycles. The van der Waals surface area contributed by atoms with E-state index in [1.807, 2.05) is 19.1 Å². The molecule has 0 spiro atoms. The highest BCUT2D eigenvalue weighted by atomic mass is 32.2. The average Bonchev–Trinajstić information content (AvgIpc) is 3.15. The lowest BCUT2D eigenvalue weighted by Crippen LogP contribution is -2.25. The van der Waals surface area contributed by atoms with Crippen molar-refractivity contribution >= 4 is 22.7 Å². The average molecular weight is 404 g/mol. The number of benzene rings is 1. The molecule has 0 N–H and O–H groups in total. The maximum atomic E-state index is 11.9. The molecule has 0 fully saturated rings. The Hall–Kier alpha value is -2.32. The van der Waals surface area contributed by atoms with E-state index in [-0.39, 0.29) is 12.2 Å². The standard InChI is InChI=1S/C20H25N3O4S/c1-5-23(6-2)9-10-28-20-22-21-18(27-20)12-25-15-7-8-16-13(3)14(4)19(24)26-17(16)11-15/h7-8,11H,5-6,9-10,12H2,1-4H3. The summed E-state index contributed by atoms with van der Waals surface area (Å²) in [5, 5.41) is 9.51. The van der Waals surface area contributed by atoms with Gasteiger partial charge in [0.15, 0.2) is 6.61 Å². The first-order chi connectivity index (χ1) is 13.5. The van der Waals surface area contributed by atoms with E-state index >= 15 is 0 Å². The van der Waals surface area contributed by atoms with Crippen LogP contribution in [0.4, 0.5) is 0 Å². The molecule has 0 radical (unpaired) electrons. The molecule has 150 valence electrons. The highest BCUT2D eigenvalue weighted by molar-refractivity contribution is 7.99. The van der Waals surface area contributed by atoms with Crippen LogP contribution in [0.5, 0.6) is 5.75 Å². The molecule has 28 heavy (non-hydrogen) atoms. The third kappa shape index (κ3) is 4.74. The second kappa shape index (κ2) is 9.25. The van der Waals surface area contributed by atoms with Crippen LogP contribution in [0.25, 0.3) is 11.0 Å². The molecule has 0 aliphatic heterocycles. The fourth-order valence-electron chi connectivity index (χ4n) is 2.82. The van der Waals surface area contributed by atoms with Gasteiger partial charge in [-0.05, 0) is 44.6 Å². The monoisotopic (exact) mass is 403 g/mol. The second-order valence-electron chi connectivity index (χ2n) is 6.42. The van der Waals surface area contributed by atoms with Gasteiger partial charge in [-0.1, -0.05) is 25.6 Å². The van der Waals surface area contributed by atoms with Gasteiger partial charge in [-0.15, -0.1) is 10.2 Å². The van der Waals surface area contributed by atoms with Crippen molar-refractivity contribution in [1.82, 2.24) is 15.1 Å². The quantitative estimate of drug-likeness (QED) is 0.394. The molecule has 2 aromatic heterocycles. The minimum Gasteiger partial charge on any atom is -0.484 e. The third-order valence-electron chi connectivity index (χ3n) is 4.77. The van der Waals surface area contributed by atoms with Crippen LogP contribution in [-0.2, 0) is 6.61 Å². The van der Waals surface area contributed by atoms with Gasteiger partial charge >= 0.3 is 5.63 Å². The van der Waals surface area contributed by atoms with Gasteiger partial charge in [0.25, 0.3) is 11.1 Å². The first-order valence-corrected chi connectivity index (χ1v) is 10.3. The summed E-state index contributed by atoms with van der Waals surface area (Å²) in [4.78, 5) is 14.2. The zero-order valence-electron chi connectivity index (χ0n) is 16.7. The van der Waals surface area contributed by atoms with E-state index in [9.17, 15) is 4.79 Å². The first kappa shape index (κ1) is 20.4. The van der Waals surface area contributed by atoms with Gasteiger partial charge in [0.05, 0.1) is 0 Å². The van der Waals surface area contributed by atoms with Crippen LogP contribution in [0.2, 0.25) is 0 Å². The third-order valence-corrected chi connectivity index (χ3v) is 5.57. The maximum Gasteiger partial charge on any atom is 0.339 e. The van der Waals surface area contributed by atoms with E-state index in [0.29, 0.717) is 28.0 Å². The summed E-state index contributed by atoms with van der Waals surface area (Å²) in [5.74, 6) is 1.88. The number of aromatic nitrogens is 2. The summed E-state index contributed by atoms with van der Waals surface area (Å²) in [5.41, 5.74) is 1.72. The van der Waals surface area contributed by atoms with Crippen LogP contribution < -0.4 is 10.4 Å². The van der Waals surface area contributed by atoms with Gasteiger partial charge in [0, 0.05) is 29.3 Å². The predicted molar refractivity (Wildman–Crippen MR) is 109 cm³/mol. The van der Waals surface area contributed by atoms with Crippen molar-refractivity contribution in [1.29, 1.82) is 0 Å². The minimum atomic E-state index is -0.328.